The van der Waals surface area contributed by atoms with Gasteiger partial charge in [-0.2, -0.15) is 19.8 Å². The van der Waals surface area contributed by atoms with Crippen LogP contribution in [0.25, 0.3) is 22.5 Å². The Morgan fingerprint density at radius 2 is 1.49 bits per heavy atom. The van der Waals surface area contributed by atoms with Crippen LogP contribution < -0.4 is 9.47 Å². The maximum atomic E-state index is 11.8. The van der Waals surface area contributed by atoms with Crippen molar-refractivity contribution in [3.63, 3.8) is 0 Å². The van der Waals surface area contributed by atoms with Gasteiger partial charge >= 0.3 is 0 Å². The van der Waals surface area contributed by atoms with E-state index < -0.39 is 10.1 Å². The van der Waals surface area contributed by atoms with Gasteiger partial charge in [-0.15, -0.1) is 0 Å². The fourth-order valence-electron chi connectivity index (χ4n) is 4.39. The summed E-state index contributed by atoms with van der Waals surface area (Å²) in [6, 6.07) is 25.8. The topological polar surface area (TPSA) is 87.9 Å². The zero-order valence-corrected chi connectivity index (χ0v) is 24.7. The highest BCUT2D eigenvalue weighted by Crippen LogP contribution is 2.45. The van der Waals surface area contributed by atoms with Crippen LogP contribution in [-0.2, 0) is 34.1 Å². The van der Waals surface area contributed by atoms with E-state index in [4.69, 9.17) is 18.2 Å². The van der Waals surface area contributed by atoms with Crippen molar-refractivity contribution in [1.82, 2.24) is 5.16 Å². The number of aromatic nitrogens is 1. The van der Waals surface area contributed by atoms with E-state index in [9.17, 15) is 8.42 Å². The molecule has 5 rings (SSSR count). The van der Waals surface area contributed by atoms with Gasteiger partial charge in [0.05, 0.1) is 17.4 Å². The smallest absolute Gasteiger partial charge is 0.264 e. The number of ether oxygens (including phenoxy) is 2. The Kier molecular flexibility index (Phi) is 8.87. The molecular weight excluding hydrogens is 558 g/mol. The second-order valence-electron chi connectivity index (χ2n) is 9.90. The van der Waals surface area contributed by atoms with Crippen molar-refractivity contribution in [3.8, 4) is 33.9 Å². The third kappa shape index (κ3) is 7.24. The van der Waals surface area contributed by atoms with Gasteiger partial charge in [0, 0.05) is 6.07 Å². The number of hydrogen-bond acceptors (Lipinski definition) is 8. The Bertz CT molecular complexity index is 1680. The van der Waals surface area contributed by atoms with E-state index in [-0.39, 0.29) is 12.5 Å². The minimum absolute atomic E-state index is 0.128. The first kappa shape index (κ1) is 28.6. The Morgan fingerprint density at radius 3 is 2.05 bits per heavy atom. The van der Waals surface area contributed by atoms with Crippen molar-refractivity contribution in [2.24, 2.45) is 0 Å². The number of benzene rings is 3. The van der Waals surface area contributed by atoms with Crippen LogP contribution in [0.2, 0.25) is 0 Å². The van der Waals surface area contributed by atoms with Gasteiger partial charge in [-0.05, 0) is 51.1 Å². The molecule has 0 unspecified atom stereocenters. The third-order valence-electron chi connectivity index (χ3n) is 6.44. The van der Waals surface area contributed by atoms with Gasteiger partial charge < -0.3 is 14.0 Å². The summed E-state index contributed by atoms with van der Waals surface area (Å²) >= 11 is 1.52. The van der Waals surface area contributed by atoms with Crippen molar-refractivity contribution in [1.29, 1.82) is 0 Å². The molecule has 0 aliphatic heterocycles. The fourth-order valence-corrected chi connectivity index (χ4v) is 5.37. The minimum atomic E-state index is -3.68. The summed E-state index contributed by atoms with van der Waals surface area (Å²) in [4.78, 5) is 0. The first-order chi connectivity index (χ1) is 19.8. The van der Waals surface area contributed by atoms with E-state index in [2.05, 4.69) is 19.0 Å². The molecule has 0 radical (unpaired) electrons. The summed E-state index contributed by atoms with van der Waals surface area (Å²) in [5.41, 5.74) is 5.63. The summed E-state index contributed by atoms with van der Waals surface area (Å²) in [6.07, 6.45) is 1.01. The normalized spacial score (nSPS) is 11.6. The number of hydrogen-bond donors (Lipinski definition) is 0. The summed E-state index contributed by atoms with van der Waals surface area (Å²) < 4.78 is 47.3. The monoisotopic (exact) mass is 589 g/mol. The van der Waals surface area contributed by atoms with Crippen LogP contribution in [0, 0.1) is 0 Å². The van der Waals surface area contributed by atoms with E-state index in [0.717, 1.165) is 28.5 Å². The van der Waals surface area contributed by atoms with Crippen molar-refractivity contribution < 1.29 is 26.6 Å². The van der Waals surface area contributed by atoms with E-state index >= 15 is 0 Å². The van der Waals surface area contributed by atoms with Gasteiger partial charge in [-0.25, -0.2) is 0 Å². The summed E-state index contributed by atoms with van der Waals surface area (Å²) in [5, 5.41) is 8.15. The van der Waals surface area contributed by atoms with Crippen molar-refractivity contribution in [2.45, 2.75) is 39.6 Å². The summed E-state index contributed by atoms with van der Waals surface area (Å²) in [7, 11) is -3.68. The summed E-state index contributed by atoms with van der Waals surface area (Å²) in [6.45, 7) is 4.70. The SMILES string of the molecule is CC(C)c1cc(-c2onc(COS(C)(=O)=O)c2-c2ccsc2)c(OCc2ccccc2)cc1OCc1ccccc1. The van der Waals surface area contributed by atoms with E-state index in [1.807, 2.05) is 89.6 Å². The molecule has 0 amide bonds. The second-order valence-corrected chi connectivity index (χ2v) is 12.3. The quantitative estimate of drug-likeness (QED) is 0.137. The van der Waals surface area contributed by atoms with E-state index in [1.54, 1.807) is 0 Å². The van der Waals surface area contributed by atoms with Gasteiger partial charge in [-0.3, -0.25) is 4.18 Å². The van der Waals surface area contributed by atoms with Crippen LogP contribution in [0.1, 0.15) is 42.1 Å². The average Bonchev–Trinajstić information content (AvgIpc) is 3.64. The first-order valence-electron chi connectivity index (χ1n) is 13.2. The van der Waals surface area contributed by atoms with Crippen LogP contribution in [-0.4, -0.2) is 19.8 Å². The molecule has 9 heteroatoms. The molecule has 2 heterocycles. The highest BCUT2D eigenvalue weighted by atomic mass is 32.2. The van der Waals surface area contributed by atoms with Gasteiger partial charge in [-0.1, -0.05) is 79.7 Å². The Morgan fingerprint density at radius 1 is 0.854 bits per heavy atom. The maximum absolute atomic E-state index is 11.8. The molecule has 2 aromatic heterocycles. The zero-order valence-electron chi connectivity index (χ0n) is 23.1. The van der Waals surface area contributed by atoms with E-state index in [1.165, 1.54) is 11.3 Å². The molecule has 0 fully saturated rings. The lowest BCUT2D eigenvalue weighted by molar-refractivity contribution is 0.286. The molecule has 0 aliphatic carbocycles. The first-order valence-corrected chi connectivity index (χ1v) is 15.9. The minimum Gasteiger partial charge on any atom is -0.488 e. The molecule has 0 saturated heterocycles. The van der Waals surface area contributed by atoms with E-state index in [0.29, 0.717) is 47.3 Å². The highest BCUT2D eigenvalue weighted by molar-refractivity contribution is 7.85. The number of rotatable bonds is 12. The van der Waals surface area contributed by atoms with Gasteiger partial charge in [0.2, 0.25) is 0 Å². The molecular formula is C32H31NO6S2. The van der Waals surface area contributed by atoms with Crippen LogP contribution >= 0.6 is 11.3 Å². The number of nitrogens with zero attached hydrogens (tertiary/aromatic N) is 1. The molecule has 41 heavy (non-hydrogen) atoms. The molecule has 212 valence electrons. The molecule has 0 saturated carbocycles. The molecule has 3 aromatic carbocycles. The second kappa shape index (κ2) is 12.7. The molecule has 0 bridgehead atoms. The fraction of sp³-hybridized carbons (Fsp3) is 0.219. The van der Waals surface area contributed by atoms with Crippen LogP contribution in [0.5, 0.6) is 11.5 Å². The summed E-state index contributed by atoms with van der Waals surface area (Å²) in [5.74, 6) is 1.87. The average molecular weight is 590 g/mol. The Balaban J connectivity index is 1.61. The molecule has 0 atom stereocenters. The van der Waals surface area contributed by atoms with Crippen LogP contribution in [0.15, 0.2) is 94.1 Å². The van der Waals surface area contributed by atoms with Crippen LogP contribution in [0.3, 0.4) is 0 Å². The maximum Gasteiger partial charge on any atom is 0.264 e. The number of thiophene rings is 1. The van der Waals surface area contributed by atoms with Gasteiger partial charge in [0.1, 0.15) is 37.0 Å². The predicted molar refractivity (Wildman–Crippen MR) is 161 cm³/mol. The third-order valence-corrected chi connectivity index (χ3v) is 7.66. The zero-order chi connectivity index (χ0) is 28.8. The largest absolute Gasteiger partial charge is 0.488 e. The highest BCUT2D eigenvalue weighted by Gasteiger charge is 2.26. The van der Waals surface area contributed by atoms with Gasteiger partial charge in [0.15, 0.2) is 5.76 Å². The lowest BCUT2D eigenvalue weighted by Gasteiger charge is -2.19. The molecule has 7 nitrogen and oxygen atoms in total. The predicted octanol–water partition coefficient (Wildman–Crippen LogP) is 7.83. The van der Waals surface area contributed by atoms with Crippen molar-refractivity contribution in [2.75, 3.05) is 6.26 Å². The lowest BCUT2D eigenvalue weighted by Crippen LogP contribution is -2.04. The molecule has 0 spiro atoms. The van der Waals surface area contributed by atoms with Crippen molar-refractivity contribution >= 4 is 21.5 Å². The van der Waals surface area contributed by atoms with Gasteiger partial charge in [0.25, 0.3) is 10.1 Å². The van der Waals surface area contributed by atoms with Crippen molar-refractivity contribution in [3.05, 3.63) is 112 Å². The van der Waals surface area contributed by atoms with Crippen LogP contribution in [0.4, 0.5) is 0 Å². The molecule has 0 aliphatic rings. The molecule has 5 aromatic rings. The Labute approximate surface area is 244 Å². The standard InChI is InChI=1S/C32H31NO6S2/c1-22(2)26-16-27(32-31(25-14-15-40-21-25)28(33-39-32)20-38-41(3,34)35)30(37-19-24-12-8-5-9-13-24)17-29(26)36-18-23-10-6-4-7-11-23/h4-17,21-22H,18-20H2,1-3H3. The molecule has 0 N–H and O–H groups in total. The lowest BCUT2D eigenvalue weighted by atomic mass is 9.95. The Hall–Kier alpha value is -3.92.